The highest BCUT2D eigenvalue weighted by Gasteiger charge is 2.49. The molecule has 6 nitrogen and oxygen atoms in total. The molecule has 1 heterocycles. The van der Waals surface area contributed by atoms with Gasteiger partial charge in [-0.25, -0.2) is 0 Å². The summed E-state index contributed by atoms with van der Waals surface area (Å²) < 4.78 is 30.2. The van der Waals surface area contributed by atoms with Crippen molar-refractivity contribution in [1.29, 1.82) is 0 Å². The lowest BCUT2D eigenvalue weighted by Crippen LogP contribution is -2.62. The van der Waals surface area contributed by atoms with Gasteiger partial charge in [-0.05, 0) is 25.0 Å². The molecule has 1 aliphatic heterocycles. The number of ketones is 2. The van der Waals surface area contributed by atoms with Gasteiger partial charge in [-0.3, -0.25) is 9.59 Å². The van der Waals surface area contributed by atoms with E-state index in [-0.39, 0.29) is 23.0 Å². The number of carbonyl (C=O) groups excluding carboxylic acids is 2. The fraction of sp³-hybridized carbons (Fsp3) is 0.500. The molecule has 1 saturated heterocycles. The lowest BCUT2D eigenvalue weighted by atomic mass is 9.98. The highest BCUT2D eigenvalue weighted by atomic mass is 32.2. The van der Waals surface area contributed by atoms with Crippen molar-refractivity contribution in [3.63, 3.8) is 0 Å². The van der Waals surface area contributed by atoms with Crippen molar-refractivity contribution < 1.29 is 26.9 Å². The molecular weight excluding hydrogens is 318 g/mol. The summed E-state index contributed by atoms with van der Waals surface area (Å²) in [6.45, 7) is 3.00. The molecular formula is C16H22NO5S+. The molecule has 0 aliphatic carbocycles. The van der Waals surface area contributed by atoms with Gasteiger partial charge in [0.1, 0.15) is 6.54 Å². The Balaban J connectivity index is 2.42. The van der Waals surface area contributed by atoms with E-state index in [0.717, 1.165) is 6.42 Å². The average molecular weight is 340 g/mol. The molecule has 0 bridgehead atoms. The topological polar surface area (TPSA) is 77.5 Å². The summed E-state index contributed by atoms with van der Waals surface area (Å²) in [6, 6.07) is 7.15. The van der Waals surface area contributed by atoms with E-state index in [1.54, 1.807) is 18.2 Å². The summed E-state index contributed by atoms with van der Waals surface area (Å²) in [5.41, 5.74) is 0. The number of hydrogen-bond donors (Lipinski definition) is 0. The molecule has 0 amide bonds. The van der Waals surface area contributed by atoms with Crippen molar-refractivity contribution in [1.82, 2.24) is 0 Å². The maximum atomic E-state index is 12.6. The van der Waals surface area contributed by atoms with Gasteiger partial charge < -0.3 is 0 Å². The SMILES string of the molecule is CC(=O)C[N+]1(OS(=O)(=O)c2ccccc2)CCCCC1C(C)=O. The number of likely N-dealkylation sites (tertiary alicyclic amines) is 1. The molecule has 1 aliphatic rings. The zero-order valence-electron chi connectivity index (χ0n) is 13.4. The zero-order valence-corrected chi connectivity index (χ0v) is 14.2. The van der Waals surface area contributed by atoms with Crippen LogP contribution in [0.25, 0.3) is 0 Å². The van der Waals surface area contributed by atoms with Crippen molar-refractivity contribution >= 4 is 21.7 Å². The fourth-order valence-electron chi connectivity index (χ4n) is 3.15. The molecule has 0 saturated carbocycles. The van der Waals surface area contributed by atoms with E-state index >= 15 is 0 Å². The summed E-state index contributed by atoms with van der Waals surface area (Å²) in [5, 5.41) is 0. The molecule has 0 radical (unpaired) electrons. The molecule has 1 aromatic carbocycles. The minimum Gasteiger partial charge on any atom is -0.294 e. The quantitative estimate of drug-likeness (QED) is 0.739. The third kappa shape index (κ3) is 4.04. The lowest BCUT2D eigenvalue weighted by molar-refractivity contribution is -1.09. The van der Waals surface area contributed by atoms with E-state index in [0.29, 0.717) is 19.4 Å². The van der Waals surface area contributed by atoms with Crippen LogP contribution in [0.5, 0.6) is 0 Å². The van der Waals surface area contributed by atoms with Crippen LogP contribution >= 0.6 is 0 Å². The van der Waals surface area contributed by atoms with Crippen LogP contribution in [0.4, 0.5) is 0 Å². The minimum atomic E-state index is -4.06. The van der Waals surface area contributed by atoms with Gasteiger partial charge in [0, 0.05) is 20.3 Å². The molecule has 126 valence electrons. The van der Waals surface area contributed by atoms with Gasteiger partial charge in [0.25, 0.3) is 0 Å². The molecule has 1 aromatic rings. The van der Waals surface area contributed by atoms with Crippen LogP contribution in [0.1, 0.15) is 33.1 Å². The Labute approximate surface area is 136 Å². The molecule has 7 heteroatoms. The van der Waals surface area contributed by atoms with Crippen molar-refractivity contribution in [2.24, 2.45) is 0 Å². The number of piperidine rings is 1. The lowest BCUT2D eigenvalue weighted by Gasteiger charge is -2.41. The number of quaternary nitrogens is 1. The summed E-state index contributed by atoms with van der Waals surface area (Å²) in [7, 11) is -4.06. The predicted octanol–water partition coefficient (Wildman–Crippen LogP) is 1.85. The number of hydroxylamine groups is 3. The molecule has 1 fully saturated rings. The van der Waals surface area contributed by atoms with Crippen LogP contribution in [0.2, 0.25) is 0 Å². The highest BCUT2D eigenvalue weighted by molar-refractivity contribution is 7.86. The standard InChI is InChI=1S/C16H22NO5S/c1-13(18)12-17(11-7-6-10-16(17)14(2)19)22-23(20,21)15-8-4-3-5-9-15/h3-5,8-9,16H,6-7,10-12H2,1-2H3/q+1. The van der Waals surface area contributed by atoms with Crippen LogP contribution in [0.15, 0.2) is 35.2 Å². The molecule has 0 N–H and O–H groups in total. The number of hydrogen-bond acceptors (Lipinski definition) is 5. The number of Topliss-reactive ketones (excluding diaryl/α,β-unsaturated/α-hetero) is 2. The van der Waals surface area contributed by atoms with Crippen molar-refractivity contribution in [2.45, 2.75) is 44.0 Å². The van der Waals surface area contributed by atoms with Crippen molar-refractivity contribution in [2.75, 3.05) is 13.1 Å². The van der Waals surface area contributed by atoms with Gasteiger partial charge in [-0.1, -0.05) is 22.5 Å². The first kappa shape index (κ1) is 17.8. The molecule has 0 spiro atoms. The van der Waals surface area contributed by atoms with Gasteiger partial charge in [0.15, 0.2) is 24.2 Å². The Kier molecular flexibility index (Phi) is 5.33. The van der Waals surface area contributed by atoms with Crippen LogP contribution in [-0.2, 0) is 24.0 Å². The van der Waals surface area contributed by atoms with Crippen LogP contribution in [0, 0.1) is 0 Å². The van der Waals surface area contributed by atoms with Gasteiger partial charge >= 0.3 is 10.1 Å². The molecule has 2 rings (SSSR count). The Bertz CT molecular complexity index is 686. The molecule has 2 unspecified atom stereocenters. The van der Waals surface area contributed by atoms with Crippen LogP contribution in [-0.4, -0.2) is 43.8 Å². The number of rotatable bonds is 6. The predicted molar refractivity (Wildman–Crippen MR) is 83.7 cm³/mol. The third-order valence-electron chi connectivity index (χ3n) is 4.07. The van der Waals surface area contributed by atoms with Crippen molar-refractivity contribution in [3.05, 3.63) is 30.3 Å². The first-order chi connectivity index (χ1) is 10.8. The van der Waals surface area contributed by atoms with Gasteiger partial charge in [0.2, 0.25) is 0 Å². The van der Waals surface area contributed by atoms with E-state index in [2.05, 4.69) is 0 Å². The normalized spacial score (nSPS) is 25.0. The van der Waals surface area contributed by atoms with Gasteiger partial charge in [0.05, 0.1) is 4.90 Å². The van der Waals surface area contributed by atoms with Crippen molar-refractivity contribution in [3.8, 4) is 0 Å². The second-order valence-electron chi connectivity index (χ2n) is 6.00. The maximum absolute atomic E-state index is 12.6. The van der Waals surface area contributed by atoms with E-state index < -0.39 is 20.8 Å². The first-order valence-corrected chi connectivity index (χ1v) is 9.06. The monoisotopic (exact) mass is 340 g/mol. The van der Waals surface area contributed by atoms with E-state index in [1.165, 1.54) is 26.0 Å². The minimum absolute atomic E-state index is 0.0222. The first-order valence-electron chi connectivity index (χ1n) is 7.65. The molecule has 0 aromatic heterocycles. The summed E-state index contributed by atoms with van der Waals surface area (Å²) in [6.07, 6.45) is 2.05. The maximum Gasteiger partial charge on any atom is 0.342 e. The summed E-state index contributed by atoms with van der Waals surface area (Å²) in [5.74, 6) is -0.365. The molecule has 23 heavy (non-hydrogen) atoms. The number of benzene rings is 1. The third-order valence-corrected chi connectivity index (χ3v) is 5.41. The summed E-state index contributed by atoms with van der Waals surface area (Å²) >= 11 is 0. The van der Waals surface area contributed by atoms with E-state index in [1.807, 2.05) is 0 Å². The van der Waals surface area contributed by atoms with Crippen LogP contribution in [0.3, 0.4) is 0 Å². The fourth-order valence-corrected chi connectivity index (χ4v) is 4.35. The zero-order chi connectivity index (χ0) is 17.1. The smallest absolute Gasteiger partial charge is 0.294 e. The van der Waals surface area contributed by atoms with E-state index in [9.17, 15) is 18.0 Å². The van der Waals surface area contributed by atoms with E-state index in [4.69, 9.17) is 4.28 Å². The van der Waals surface area contributed by atoms with Crippen LogP contribution < -0.4 is 0 Å². The Hall–Kier alpha value is -1.57. The average Bonchev–Trinajstić information content (AvgIpc) is 2.47. The second kappa shape index (κ2) is 6.90. The van der Waals surface area contributed by atoms with Gasteiger partial charge in [-0.2, -0.15) is 8.42 Å². The molecule has 2 atom stereocenters. The number of carbonyl (C=O) groups is 2. The summed E-state index contributed by atoms with van der Waals surface area (Å²) in [4.78, 5) is 23.7. The largest absolute Gasteiger partial charge is 0.342 e. The Morgan fingerprint density at radius 1 is 1.17 bits per heavy atom. The number of nitrogens with zero attached hydrogens (tertiary/aromatic N) is 1. The van der Waals surface area contributed by atoms with Gasteiger partial charge in [-0.15, -0.1) is 4.65 Å². The second-order valence-corrected chi connectivity index (χ2v) is 7.53. The Morgan fingerprint density at radius 2 is 1.83 bits per heavy atom. The Morgan fingerprint density at radius 3 is 2.39 bits per heavy atom. The highest BCUT2D eigenvalue weighted by Crippen LogP contribution is 2.30.